The monoisotopic (exact) mass is 702 g/mol. The van der Waals surface area contributed by atoms with E-state index in [1.54, 1.807) is 48.5 Å². The van der Waals surface area contributed by atoms with Crippen molar-refractivity contribution >= 4 is 73.2 Å². The van der Waals surface area contributed by atoms with Gasteiger partial charge in [-0.15, -0.1) is 0 Å². The zero-order valence-corrected chi connectivity index (χ0v) is 26.6. The number of hydrogen-bond donors (Lipinski definition) is 4. The molecule has 0 bridgehead atoms. The van der Waals surface area contributed by atoms with Crippen molar-refractivity contribution in [2.24, 2.45) is 0 Å². The van der Waals surface area contributed by atoms with Crippen molar-refractivity contribution in [3.05, 3.63) is 130 Å². The highest BCUT2D eigenvalue weighted by molar-refractivity contribution is 9.09. The van der Waals surface area contributed by atoms with Gasteiger partial charge in [0.25, 0.3) is 5.91 Å². The lowest BCUT2D eigenvalue weighted by molar-refractivity contribution is -0.118. The Morgan fingerprint density at radius 1 is 0.783 bits per heavy atom. The summed E-state index contributed by atoms with van der Waals surface area (Å²) in [6.45, 7) is 0.254. The maximum absolute atomic E-state index is 13.5. The summed E-state index contributed by atoms with van der Waals surface area (Å²) in [7, 11) is 0. The van der Waals surface area contributed by atoms with E-state index in [1.807, 2.05) is 48.5 Å². The molecule has 1 unspecified atom stereocenters. The number of ether oxygens (including phenoxy) is 1. The summed E-state index contributed by atoms with van der Waals surface area (Å²) in [6, 6.07) is 27.8. The Kier molecular flexibility index (Phi) is 10.7. The molecule has 1 aromatic heterocycles. The van der Waals surface area contributed by atoms with Gasteiger partial charge in [0, 0.05) is 39.8 Å². The number of rotatable bonds is 11. The number of urea groups is 1. The first-order valence-electron chi connectivity index (χ1n) is 14.1. The third-order valence-corrected chi connectivity index (χ3v) is 7.44. The number of benzene rings is 4. The molecule has 5 aromatic rings. The highest BCUT2D eigenvalue weighted by atomic mass is 79.9. The van der Waals surface area contributed by atoms with E-state index in [0.29, 0.717) is 27.8 Å². The number of anilines is 3. The number of nitrogens with one attached hydrogen (secondary N) is 4. The Bertz CT molecular complexity index is 1900. The number of alkyl halides is 1. The molecule has 12 heteroatoms. The molecule has 0 aliphatic carbocycles. The number of fused-ring (bicyclic) bond motifs is 1. The lowest BCUT2D eigenvalue weighted by atomic mass is 10.0. The van der Waals surface area contributed by atoms with E-state index in [2.05, 4.69) is 37.2 Å². The van der Waals surface area contributed by atoms with Crippen LogP contribution in [-0.4, -0.2) is 35.8 Å². The number of para-hydroxylation sites is 1. The molecule has 234 valence electrons. The van der Waals surface area contributed by atoms with Crippen LogP contribution in [0, 0.1) is 0 Å². The van der Waals surface area contributed by atoms with Crippen molar-refractivity contribution in [3.63, 3.8) is 0 Å². The topological polar surface area (TPSA) is 139 Å². The third kappa shape index (κ3) is 8.32. The second-order valence-corrected chi connectivity index (χ2v) is 11.2. The van der Waals surface area contributed by atoms with E-state index >= 15 is 0 Å². The highest BCUT2D eigenvalue weighted by Crippen LogP contribution is 2.32. The van der Waals surface area contributed by atoms with Crippen molar-refractivity contribution in [2.75, 3.05) is 27.9 Å². The van der Waals surface area contributed by atoms with Crippen LogP contribution in [0.15, 0.2) is 112 Å². The van der Waals surface area contributed by atoms with Gasteiger partial charge in [-0.05, 0) is 54.1 Å². The van der Waals surface area contributed by atoms with Gasteiger partial charge in [0.05, 0.1) is 5.39 Å². The van der Waals surface area contributed by atoms with Crippen molar-refractivity contribution < 1.29 is 23.5 Å². The summed E-state index contributed by atoms with van der Waals surface area (Å²) in [5.41, 5.74) is 1.87. The molecule has 0 spiro atoms. The lowest BCUT2D eigenvalue weighted by Crippen LogP contribution is -2.45. The molecule has 10 nitrogen and oxygen atoms in total. The summed E-state index contributed by atoms with van der Waals surface area (Å²) < 4.78 is 10.6. The Morgan fingerprint density at radius 3 is 2.09 bits per heavy atom. The second-order valence-electron chi connectivity index (χ2n) is 10.0. The molecule has 46 heavy (non-hydrogen) atoms. The van der Waals surface area contributed by atoms with Crippen LogP contribution in [-0.2, 0) is 11.2 Å². The minimum Gasteiger partial charge on any atom is -0.463 e. The summed E-state index contributed by atoms with van der Waals surface area (Å²) >= 11 is 9.64. The first-order valence-corrected chi connectivity index (χ1v) is 15.6. The zero-order chi connectivity index (χ0) is 32.5. The van der Waals surface area contributed by atoms with Gasteiger partial charge in [-0.3, -0.25) is 9.59 Å². The molecule has 1 atom stereocenters. The number of amides is 4. The highest BCUT2D eigenvalue weighted by Gasteiger charge is 2.23. The van der Waals surface area contributed by atoms with Crippen LogP contribution < -0.4 is 31.6 Å². The summed E-state index contributed by atoms with van der Waals surface area (Å²) in [5.74, 6) is -1.07. The number of halogens is 2. The Hall–Kier alpha value is -5.13. The van der Waals surface area contributed by atoms with Crippen LogP contribution in [0.3, 0.4) is 0 Å². The molecule has 0 aliphatic heterocycles. The standard InChI is InChI=1S/C34H28BrClN4O6/c35-17-18-45-33-29(36)26-16-15-25(20-27(26)32(43)46-33)37-31(42)28(19-21-7-3-1-4-8-21)40-30(41)22-11-13-24(14-12-22)39-34(44)38-23-9-5-2-6-10-23/h1-16,20,28H,17-19H2,(H,37,42)(H,40,41)(H2,38,39,44). The Labute approximate surface area is 277 Å². The molecule has 5 rings (SSSR count). The Morgan fingerprint density at radius 2 is 1.41 bits per heavy atom. The molecule has 1 heterocycles. The maximum Gasteiger partial charge on any atom is 0.346 e. The van der Waals surface area contributed by atoms with E-state index in [9.17, 15) is 19.2 Å². The molecule has 4 amide bonds. The zero-order valence-electron chi connectivity index (χ0n) is 24.2. The van der Waals surface area contributed by atoms with E-state index in [-0.39, 0.29) is 34.9 Å². The van der Waals surface area contributed by atoms with Gasteiger partial charge in [0.2, 0.25) is 5.91 Å². The van der Waals surface area contributed by atoms with Crippen LogP contribution in [0.25, 0.3) is 10.8 Å². The average molecular weight is 704 g/mol. The fraction of sp³-hybridized carbons (Fsp3) is 0.118. The van der Waals surface area contributed by atoms with Gasteiger partial charge in [-0.2, -0.15) is 0 Å². The average Bonchev–Trinajstić information content (AvgIpc) is 3.06. The van der Waals surface area contributed by atoms with Crippen molar-refractivity contribution in [3.8, 4) is 5.95 Å². The fourth-order valence-electron chi connectivity index (χ4n) is 4.55. The van der Waals surface area contributed by atoms with Gasteiger partial charge >= 0.3 is 17.6 Å². The fourth-order valence-corrected chi connectivity index (χ4v) is 4.97. The van der Waals surface area contributed by atoms with Crippen molar-refractivity contribution in [1.82, 2.24) is 5.32 Å². The molecule has 0 saturated heterocycles. The molecule has 0 saturated carbocycles. The molecule has 4 aromatic carbocycles. The first-order chi connectivity index (χ1) is 22.3. The summed E-state index contributed by atoms with van der Waals surface area (Å²) in [5, 5.41) is 12.3. The lowest BCUT2D eigenvalue weighted by Gasteiger charge is -2.19. The number of carbonyl (C=O) groups excluding carboxylic acids is 3. The molecule has 0 radical (unpaired) electrons. The normalized spacial score (nSPS) is 11.3. The minimum absolute atomic E-state index is 0.0831. The van der Waals surface area contributed by atoms with Gasteiger partial charge in [0.15, 0.2) is 0 Å². The Balaban J connectivity index is 1.30. The van der Waals surface area contributed by atoms with Crippen molar-refractivity contribution in [2.45, 2.75) is 12.5 Å². The predicted octanol–water partition coefficient (Wildman–Crippen LogP) is 6.84. The van der Waals surface area contributed by atoms with E-state index in [0.717, 1.165) is 5.56 Å². The number of carbonyl (C=O) groups is 3. The predicted molar refractivity (Wildman–Crippen MR) is 182 cm³/mol. The van der Waals surface area contributed by atoms with Gasteiger partial charge in [-0.25, -0.2) is 9.59 Å². The molecular weight excluding hydrogens is 676 g/mol. The molecular formula is C34H28BrClN4O6. The van der Waals surface area contributed by atoms with Gasteiger partial charge in [0.1, 0.15) is 17.7 Å². The smallest absolute Gasteiger partial charge is 0.346 e. The van der Waals surface area contributed by atoms with E-state index in [4.69, 9.17) is 20.8 Å². The maximum atomic E-state index is 13.5. The molecule has 0 fully saturated rings. The van der Waals surface area contributed by atoms with Crippen LogP contribution in [0.4, 0.5) is 21.9 Å². The van der Waals surface area contributed by atoms with E-state index in [1.165, 1.54) is 6.07 Å². The van der Waals surface area contributed by atoms with E-state index < -0.39 is 29.5 Å². The van der Waals surface area contributed by atoms with Crippen molar-refractivity contribution in [1.29, 1.82) is 0 Å². The van der Waals surface area contributed by atoms with Crippen LogP contribution in [0.2, 0.25) is 5.02 Å². The molecule has 0 aliphatic rings. The van der Waals surface area contributed by atoms with Gasteiger partial charge < -0.3 is 30.4 Å². The third-order valence-electron chi connectivity index (χ3n) is 6.76. The van der Waals surface area contributed by atoms with Crippen LogP contribution in [0.1, 0.15) is 15.9 Å². The van der Waals surface area contributed by atoms with Gasteiger partial charge in [-0.1, -0.05) is 82.1 Å². The van der Waals surface area contributed by atoms with Crippen LogP contribution >= 0.6 is 27.5 Å². The first kappa shape index (κ1) is 32.3. The summed E-state index contributed by atoms with van der Waals surface area (Å²) in [4.78, 5) is 51.8. The SMILES string of the molecule is O=C(Nc1ccccc1)Nc1ccc(C(=O)NC(Cc2ccccc2)C(=O)Nc2ccc3c(Cl)c(OCCBr)oc(=O)c3c2)cc1. The quantitative estimate of drug-likeness (QED) is 0.111. The summed E-state index contributed by atoms with van der Waals surface area (Å²) in [6.07, 6.45) is 0.202. The molecule has 4 N–H and O–H groups in total. The largest absolute Gasteiger partial charge is 0.463 e. The van der Waals surface area contributed by atoms with Crippen LogP contribution in [0.5, 0.6) is 5.95 Å². The second kappa shape index (κ2) is 15.2. The number of hydrogen-bond acceptors (Lipinski definition) is 6. The minimum atomic E-state index is -0.972.